The molecule has 0 bridgehead atoms. The summed E-state index contributed by atoms with van der Waals surface area (Å²) < 4.78 is 0. The standard InChI is InChI=1S/C17H18Cl3N/c1-3-9-21-17(13-8-7-12(18)10-11(13)2)14-5-4-6-15(19)16(14)20/h4-8,10,17,21H,3,9H2,1-2H3. The van der Waals surface area contributed by atoms with Gasteiger partial charge in [0.15, 0.2) is 0 Å². The number of hydrogen-bond acceptors (Lipinski definition) is 1. The van der Waals surface area contributed by atoms with Gasteiger partial charge in [-0.05, 0) is 54.8 Å². The minimum absolute atomic E-state index is 0.00779. The lowest BCUT2D eigenvalue weighted by Gasteiger charge is -2.23. The monoisotopic (exact) mass is 341 g/mol. The van der Waals surface area contributed by atoms with Gasteiger partial charge in [-0.25, -0.2) is 0 Å². The lowest BCUT2D eigenvalue weighted by atomic mass is 9.94. The van der Waals surface area contributed by atoms with Crippen molar-refractivity contribution in [1.29, 1.82) is 0 Å². The molecule has 112 valence electrons. The van der Waals surface area contributed by atoms with Gasteiger partial charge in [0.25, 0.3) is 0 Å². The Balaban J connectivity index is 2.49. The number of halogens is 3. The van der Waals surface area contributed by atoms with E-state index in [2.05, 4.69) is 19.2 Å². The highest BCUT2D eigenvalue weighted by molar-refractivity contribution is 6.42. The zero-order chi connectivity index (χ0) is 15.4. The summed E-state index contributed by atoms with van der Waals surface area (Å²) in [5, 5.41) is 5.46. The quantitative estimate of drug-likeness (QED) is 0.698. The molecule has 0 saturated heterocycles. The normalized spacial score (nSPS) is 12.4. The van der Waals surface area contributed by atoms with Crippen LogP contribution in [-0.4, -0.2) is 6.54 Å². The molecule has 0 spiro atoms. The molecule has 4 heteroatoms. The fraction of sp³-hybridized carbons (Fsp3) is 0.294. The molecule has 1 nitrogen and oxygen atoms in total. The summed E-state index contributed by atoms with van der Waals surface area (Å²) in [5.74, 6) is 0. The summed E-state index contributed by atoms with van der Waals surface area (Å²) in [6.45, 7) is 5.09. The van der Waals surface area contributed by atoms with Gasteiger partial charge < -0.3 is 5.32 Å². The first-order valence-electron chi connectivity index (χ1n) is 6.98. The van der Waals surface area contributed by atoms with E-state index in [1.165, 1.54) is 0 Å². The van der Waals surface area contributed by atoms with Gasteiger partial charge in [0.2, 0.25) is 0 Å². The molecule has 0 aliphatic rings. The third kappa shape index (κ3) is 3.92. The fourth-order valence-corrected chi connectivity index (χ4v) is 3.03. The lowest BCUT2D eigenvalue weighted by molar-refractivity contribution is 0.596. The molecule has 0 fully saturated rings. The van der Waals surface area contributed by atoms with E-state index in [4.69, 9.17) is 34.8 Å². The molecular weight excluding hydrogens is 325 g/mol. The first-order chi connectivity index (χ1) is 10.0. The van der Waals surface area contributed by atoms with Crippen LogP contribution in [0.4, 0.5) is 0 Å². The predicted molar refractivity (Wildman–Crippen MR) is 92.8 cm³/mol. The third-order valence-electron chi connectivity index (χ3n) is 3.43. The molecule has 0 saturated carbocycles. The number of nitrogens with one attached hydrogen (secondary N) is 1. The summed E-state index contributed by atoms with van der Waals surface area (Å²) in [5.41, 5.74) is 3.28. The highest BCUT2D eigenvalue weighted by Gasteiger charge is 2.19. The van der Waals surface area contributed by atoms with Crippen LogP contribution in [0.2, 0.25) is 15.1 Å². The Hall–Kier alpha value is -0.730. The highest BCUT2D eigenvalue weighted by Crippen LogP contribution is 2.34. The Morgan fingerprint density at radius 1 is 1.05 bits per heavy atom. The van der Waals surface area contributed by atoms with E-state index in [0.29, 0.717) is 10.0 Å². The van der Waals surface area contributed by atoms with Crippen LogP contribution in [-0.2, 0) is 0 Å². The molecule has 0 aromatic heterocycles. The molecule has 1 unspecified atom stereocenters. The first-order valence-corrected chi connectivity index (χ1v) is 8.11. The van der Waals surface area contributed by atoms with Gasteiger partial charge in [-0.2, -0.15) is 0 Å². The minimum Gasteiger partial charge on any atom is -0.306 e. The van der Waals surface area contributed by atoms with E-state index in [1.807, 2.05) is 30.3 Å². The summed E-state index contributed by atoms with van der Waals surface area (Å²) >= 11 is 18.6. The number of rotatable bonds is 5. The second-order valence-corrected chi connectivity index (χ2v) is 6.25. The zero-order valence-electron chi connectivity index (χ0n) is 12.1. The molecule has 0 amide bonds. The van der Waals surface area contributed by atoms with Crippen molar-refractivity contribution in [2.45, 2.75) is 26.3 Å². The van der Waals surface area contributed by atoms with Crippen LogP contribution in [0, 0.1) is 6.92 Å². The first kappa shape index (κ1) is 16.6. The molecule has 0 aliphatic carbocycles. The molecule has 1 atom stereocenters. The SMILES string of the molecule is CCCNC(c1ccc(Cl)cc1C)c1cccc(Cl)c1Cl. The van der Waals surface area contributed by atoms with Crippen molar-refractivity contribution in [3.63, 3.8) is 0 Å². The van der Waals surface area contributed by atoms with E-state index < -0.39 is 0 Å². The number of benzene rings is 2. The van der Waals surface area contributed by atoms with E-state index in [0.717, 1.165) is 34.7 Å². The van der Waals surface area contributed by atoms with Crippen molar-refractivity contribution in [3.05, 3.63) is 68.2 Å². The average molecular weight is 343 g/mol. The van der Waals surface area contributed by atoms with Crippen molar-refractivity contribution in [2.75, 3.05) is 6.54 Å². The van der Waals surface area contributed by atoms with Crippen LogP contribution in [0.5, 0.6) is 0 Å². The van der Waals surface area contributed by atoms with Gasteiger partial charge in [-0.1, -0.05) is 59.9 Å². The minimum atomic E-state index is 0.00779. The van der Waals surface area contributed by atoms with Crippen molar-refractivity contribution in [2.24, 2.45) is 0 Å². The Kier molecular flexibility index (Phi) is 5.95. The maximum Gasteiger partial charge on any atom is 0.0643 e. The lowest BCUT2D eigenvalue weighted by Crippen LogP contribution is -2.24. The van der Waals surface area contributed by atoms with Crippen LogP contribution in [0.25, 0.3) is 0 Å². The van der Waals surface area contributed by atoms with Crippen LogP contribution in [0.3, 0.4) is 0 Å². The van der Waals surface area contributed by atoms with Gasteiger partial charge in [-0.3, -0.25) is 0 Å². The van der Waals surface area contributed by atoms with Crippen molar-refractivity contribution < 1.29 is 0 Å². The Bertz CT molecular complexity index is 625. The van der Waals surface area contributed by atoms with Crippen LogP contribution in [0.15, 0.2) is 36.4 Å². The summed E-state index contributed by atoms with van der Waals surface area (Å²) in [4.78, 5) is 0. The zero-order valence-corrected chi connectivity index (χ0v) is 14.4. The van der Waals surface area contributed by atoms with Crippen LogP contribution >= 0.6 is 34.8 Å². The van der Waals surface area contributed by atoms with Crippen molar-refractivity contribution >= 4 is 34.8 Å². The maximum atomic E-state index is 6.40. The summed E-state index contributed by atoms with van der Waals surface area (Å²) in [7, 11) is 0. The van der Waals surface area contributed by atoms with Gasteiger partial charge in [0, 0.05) is 5.02 Å². The molecule has 0 aliphatic heterocycles. The Labute approximate surface area is 141 Å². The van der Waals surface area contributed by atoms with E-state index in [1.54, 1.807) is 6.07 Å². The smallest absolute Gasteiger partial charge is 0.0643 e. The topological polar surface area (TPSA) is 12.0 Å². The second kappa shape index (κ2) is 7.51. The molecule has 0 radical (unpaired) electrons. The van der Waals surface area contributed by atoms with Gasteiger partial charge in [0.05, 0.1) is 16.1 Å². The van der Waals surface area contributed by atoms with Gasteiger partial charge >= 0.3 is 0 Å². The fourth-order valence-electron chi connectivity index (χ4n) is 2.38. The molecule has 21 heavy (non-hydrogen) atoms. The van der Waals surface area contributed by atoms with Crippen LogP contribution < -0.4 is 5.32 Å². The van der Waals surface area contributed by atoms with Crippen molar-refractivity contribution in [3.8, 4) is 0 Å². The van der Waals surface area contributed by atoms with Crippen LogP contribution in [0.1, 0.15) is 36.1 Å². The number of aryl methyl sites for hydroxylation is 1. The average Bonchev–Trinajstić information content (AvgIpc) is 2.45. The largest absolute Gasteiger partial charge is 0.306 e. The van der Waals surface area contributed by atoms with Gasteiger partial charge in [0.1, 0.15) is 0 Å². The number of hydrogen-bond donors (Lipinski definition) is 1. The molecule has 2 rings (SSSR count). The Morgan fingerprint density at radius 3 is 2.48 bits per heavy atom. The van der Waals surface area contributed by atoms with E-state index >= 15 is 0 Å². The summed E-state index contributed by atoms with van der Waals surface area (Å²) in [6, 6.07) is 11.7. The maximum absolute atomic E-state index is 6.40. The van der Waals surface area contributed by atoms with E-state index in [9.17, 15) is 0 Å². The van der Waals surface area contributed by atoms with Gasteiger partial charge in [-0.15, -0.1) is 0 Å². The molecular formula is C17H18Cl3N. The molecule has 2 aromatic carbocycles. The Morgan fingerprint density at radius 2 is 1.81 bits per heavy atom. The highest BCUT2D eigenvalue weighted by atomic mass is 35.5. The molecule has 0 heterocycles. The second-order valence-electron chi connectivity index (χ2n) is 5.03. The summed E-state index contributed by atoms with van der Waals surface area (Å²) in [6.07, 6.45) is 1.04. The predicted octanol–water partition coefficient (Wildman–Crippen LogP) is 6.04. The molecule has 1 N–H and O–H groups in total. The van der Waals surface area contributed by atoms with Crippen molar-refractivity contribution in [1.82, 2.24) is 5.32 Å². The third-order valence-corrected chi connectivity index (χ3v) is 4.50. The van der Waals surface area contributed by atoms with E-state index in [-0.39, 0.29) is 6.04 Å². The molecule has 2 aromatic rings.